The van der Waals surface area contributed by atoms with Crippen molar-refractivity contribution in [1.29, 1.82) is 0 Å². The average Bonchev–Trinajstić information content (AvgIpc) is 2.35. The molecule has 0 saturated carbocycles. The molecule has 0 radical (unpaired) electrons. The molecule has 0 fully saturated rings. The Morgan fingerprint density at radius 1 is 1.05 bits per heavy atom. The van der Waals surface area contributed by atoms with E-state index < -0.39 is 23.5 Å². The quantitative estimate of drug-likeness (QED) is 0.850. The number of fused-ring (bicyclic) bond motifs is 1. The number of benzene rings is 2. The maximum atomic E-state index is 12.5. The van der Waals surface area contributed by atoms with Crippen LogP contribution >= 0.6 is 0 Å². The summed E-state index contributed by atoms with van der Waals surface area (Å²) < 4.78 is 37.4. The first-order valence-electron chi connectivity index (χ1n) is 5.18. The fourth-order valence-corrected chi connectivity index (χ4v) is 1.76. The zero-order chi connectivity index (χ0) is 14.2. The summed E-state index contributed by atoms with van der Waals surface area (Å²) in [5.41, 5.74) is -0.719. The Balaban J connectivity index is 2.71. The molecule has 2 aromatic carbocycles. The van der Waals surface area contributed by atoms with Gasteiger partial charge in [0.1, 0.15) is 0 Å². The Kier molecular flexibility index (Phi) is 3.01. The maximum absolute atomic E-state index is 12.5. The number of rotatable bonds is 2. The molecule has 0 atom stereocenters. The van der Waals surface area contributed by atoms with E-state index >= 15 is 0 Å². The van der Waals surface area contributed by atoms with Crippen LogP contribution in [0, 0.1) is 0 Å². The van der Waals surface area contributed by atoms with Crippen LogP contribution in [-0.2, 0) is 0 Å². The van der Waals surface area contributed by atoms with Gasteiger partial charge in [0, 0.05) is 5.56 Å². The predicted molar refractivity (Wildman–Crippen MR) is 61.3 cm³/mol. The Labute approximate surface area is 105 Å². The molecule has 0 aliphatic rings. The number of carboxylic acids is 1. The fraction of sp³-hybridized carbons (Fsp3) is 0.0769. The normalized spacial score (nSPS) is 11.5. The van der Waals surface area contributed by atoms with Crippen LogP contribution in [0.4, 0.5) is 13.2 Å². The highest BCUT2D eigenvalue weighted by Gasteiger charge is 2.39. The molecule has 0 saturated heterocycles. The molecule has 0 aromatic heterocycles. The maximum Gasteiger partial charge on any atom is 0.454 e. The Morgan fingerprint density at radius 3 is 2.32 bits per heavy atom. The third-order valence-corrected chi connectivity index (χ3v) is 2.63. The molecule has 3 nitrogen and oxygen atoms in total. The van der Waals surface area contributed by atoms with Crippen LogP contribution in [0.1, 0.15) is 20.7 Å². The van der Waals surface area contributed by atoms with E-state index in [1.54, 1.807) is 0 Å². The van der Waals surface area contributed by atoms with Crippen molar-refractivity contribution >= 4 is 22.5 Å². The monoisotopic (exact) mass is 268 g/mol. The van der Waals surface area contributed by atoms with Gasteiger partial charge in [-0.1, -0.05) is 24.3 Å². The summed E-state index contributed by atoms with van der Waals surface area (Å²) in [5.74, 6) is -3.25. The molecule has 6 heteroatoms. The zero-order valence-electron chi connectivity index (χ0n) is 9.36. The average molecular weight is 268 g/mol. The van der Waals surface area contributed by atoms with Crippen molar-refractivity contribution in [3.05, 3.63) is 47.5 Å². The number of halogens is 3. The van der Waals surface area contributed by atoms with Crippen LogP contribution in [-0.4, -0.2) is 23.0 Å². The smallest absolute Gasteiger partial charge is 0.454 e. The highest BCUT2D eigenvalue weighted by Crippen LogP contribution is 2.27. The Bertz CT molecular complexity index is 674. The van der Waals surface area contributed by atoms with Gasteiger partial charge in [-0.3, -0.25) is 4.79 Å². The minimum absolute atomic E-state index is 0.0234. The number of aromatic carboxylic acids is 1. The Hall–Kier alpha value is -2.37. The van der Waals surface area contributed by atoms with Gasteiger partial charge in [0.2, 0.25) is 0 Å². The van der Waals surface area contributed by atoms with Crippen LogP contribution < -0.4 is 0 Å². The van der Waals surface area contributed by atoms with E-state index in [0.717, 1.165) is 12.1 Å². The highest BCUT2D eigenvalue weighted by atomic mass is 19.4. The molecule has 0 aliphatic heterocycles. The molecule has 0 spiro atoms. The van der Waals surface area contributed by atoms with Gasteiger partial charge in [0.05, 0.1) is 5.56 Å². The first-order valence-corrected chi connectivity index (χ1v) is 5.18. The topological polar surface area (TPSA) is 54.4 Å². The van der Waals surface area contributed by atoms with Crippen LogP contribution in [0.5, 0.6) is 0 Å². The van der Waals surface area contributed by atoms with Crippen molar-refractivity contribution in [2.45, 2.75) is 6.18 Å². The third kappa shape index (κ3) is 2.42. The molecule has 2 aromatic rings. The first kappa shape index (κ1) is 13.1. The lowest BCUT2D eigenvalue weighted by Crippen LogP contribution is -2.22. The SMILES string of the molecule is O=C(O)c1ccc2cccc(C(=O)C(F)(F)F)c2c1. The van der Waals surface area contributed by atoms with Gasteiger partial charge < -0.3 is 5.11 Å². The van der Waals surface area contributed by atoms with Crippen LogP contribution in [0.15, 0.2) is 36.4 Å². The molecule has 2 rings (SSSR count). The van der Waals surface area contributed by atoms with Crippen LogP contribution in [0.3, 0.4) is 0 Å². The van der Waals surface area contributed by atoms with Crippen molar-refractivity contribution < 1.29 is 27.9 Å². The van der Waals surface area contributed by atoms with Crippen LogP contribution in [0.25, 0.3) is 10.8 Å². The van der Waals surface area contributed by atoms with Gasteiger partial charge in [-0.15, -0.1) is 0 Å². The van der Waals surface area contributed by atoms with E-state index in [2.05, 4.69) is 0 Å². The second-order valence-corrected chi connectivity index (χ2v) is 3.87. The summed E-state index contributed by atoms with van der Waals surface area (Å²) in [4.78, 5) is 22.1. The molecule has 0 aliphatic carbocycles. The fourth-order valence-electron chi connectivity index (χ4n) is 1.76. The number of hydrogen-bond donors (Lipinski definition) is 1. The Morgan fingerprint density at radius 2 is 1.74 bits per heavy atom. The predicted octanol–water partition coefficient (Wildman–Crippen LogP) is 3.28. The molecule has 98 valence electrons. The van der Waals surface area contributed by atoms with Crippen molar-refractivity contribution in [2.75, 3.05) is 0 Å². The molecular formula is C13H7F3O3. The number of ketones is 1. The van der Waals surface area contributed by atoms with Crippen molar-refractivity contribution in [3.8, 4) is 0 Å². The summed E-state index contributed by atoms with van der Waals surface area (Å²) >= 11 is 0. The lowest BCUT2D eigenvalue weighted by molar-refractivity contribution is -0.0884. The van der Waals surface area contributed by atoms with E-state index in [1.807, 2.05) is 0 Å². The van der Waals surface area contributed by atoms with E-state index in [1.165, 1.54) is 24.3 Å². The molecule has 19 heavy (non-hydrogen) atoms. The molecule has 0 bridgehead atoms. The second kappa shape index (κ2) is 4.38. The minimum Gasteiger partial charge on any atom is -0.478 e. The van der Waals surface area contributed by atoms with Gasteiger partial charge in [-0.25, -0.2) is 4.79 Å². The summed E-state index contributed by atoms with van der Waals surface area (Å²) in [5, 5.41) is 9.18. The summed E-state index contributed by atoms with van der Waals surface area (Å²) in [6.07, 6.45) is -4.99. The van der Waals surface area contributed by atoms with Gasteiger partial charge in [-0.2, -0.15) is 13.2 Å². The lowest BCUT2D eigenvalue weighted by Gasteiger charge is -2.09. The third-order valence-electron chi connectivity index (χ3n) is 2.63. The van der Waals surface area contributed by atoms with Crippen molar-refractivity contribution in [2.24, 2.45) is 0 Å². The van der Waals surface area contributed by atoms with Gasteiger partial charge in [-0.05, 0) is 22.9 Å². The summed E-state index contributed by atoms with van der Waals surface area (Å²) in [6.45, 7) is 0. The van der Waals surface area contributed by atoms with Crippen molar-refractivity contribution in [1.82, 2.24) is 0 Å². The second-order valence-electron chi connectivity index (χ2n) is 3.87. The summed E-state index contributed by atoms with van der Waals surface area (Å²) in [6, 6.07) is 7.56. The highest BCUT2D eigenvalue weighted by molar-refractivity contribution is 6.11. The zero-order valence-corrected chi connectivity index (χ0v) is 9.36. The lowest BCUT2D eigenvalue weighted by atomic mass is 9.99. The molecular weight excluding hydrogens is 261 g/mol. The van der Waals surface area contributed by atoms with E-state index in [9.17, 15) is 22.8 Å². The summed E-state index contributed by atoms with van der Waals surface area (Å²) in [7, 11) is 0. The molecule has 0 heterocycles. The van der Waals surface area contributed by atoms with Gasteiger partial charge in [0.25, 0.3) is 5.78 Å². The number of hydrogen-bond acceptors (Lipinski definition) is 2. The number of carbonyl (C=O) groups is 2. The standard InChI is InChI=1S/C13H7F3O3/c14-13(15,16)11(17)9-3-1-2-7-4-5-8(12(18)19)6-10(7)9/h1-6H,(H,18,19). The number of Topliss-reactive ketones (excluding diaryl/α,β-unsaturated/α-hetero) is 1. The number of alkyl halides is 3. The van der Waals surface area contributed by atoms with E-state index in [-0.39, 0.29) is 10.9 Å². The van der Waals surface area contributed by atoms with E-state index in [4.69, 9.17) is 5.11 Å². The number of carboxylic acid groups (broad SMARTS) is 1. The van der Waals surface area contributed by atoms with Crippen LogP contribution in [0.2, 0.25) is 0 Å². The van der Waals surface area contributed by atoms with E-state index in [0.29, 0.717) is 5.39 Å². The van der Waals surface area contributed by atoms with Gasteiger partial charge in [0.15, 0.2) is 0 Å². The first-order chi connectivity index (χ1) is 8.80. The minimum atomic E-state index is -4.99. The molecule has 0 unspecified atom stereocenters. The largest absolute Gasteiger partial charge is 0.478 e. The van der Waals surface area contributed by atoms with Gasteiger partial charge >= 0.3 is 12.1 Å². The molecule has 1 N–H and O–H groups in total. The number of carbonyl (C=O) groups excluding carboxylic acids is 1. The molecule has 0 amide bonds. The van der Waals surface area contributed by atoms with Crippen molar-refractivity contribution in [3.63, 3.8) is 0 Å².